The summed E-state index contributed by atoms with van der Waals surface area (Å²) in [5, 5.41) is 5.77. The second-order valence-electron chi connectivity index (χ2n) is 10.0. The van der Waals surface area contributed by atoms with Crippen molar-refractivity contribution in [2.24, 2.45) is 17.8 Å². The Morgan fingerprint density at radius 1 is 1.19 bits per heavy atom. The molecule has 1 aromatic rings. The fourth-order valence-electron chi connectivity index (χ4n) is 6.61. The number of halogens is 1. The number of nitrogens with one attached hydrogen (secondary N) is 3. The molecule has 4 bridgehead atoms. The molecule has 4 fully saturated rings. The summed E-state index contributed by atoms with van der Waals surface area (Å²) in [5.41, 5.74) is 0.660. The van der Waals surface area contributed by atoms with E-state index in [0.717, 1.165) is 47.5 Å². The second kappa shape index (κ2) is 8.77. The topological polar surface area (TPSA) is 71.9 Å². The number of urea groups is 1. The third-order valence-corrected chi connectivity index (χ3v) is 7.76. The Labute approximate surface area is 183 Å². The van der Waals surface area contributed by atoms with E-state index in [9.17, 15) is 14.0 Å². The van der Waals surface area contributed by atoms with Gasteiger partial charge in [0.25, 0.3) is 5.91 Å². The normalized spacial score (nSPS) is 30.5. The highest BCUT2D eigenvalue weighted by molar-refractivity contribution is 5.96. The van der Waals surface area contributed by atoms with Crippen molar-refractivity contribution in [1.82, 2.24) is 10.6 Å². The lowest BCUT2D eigenvalue weighted by Gasteiger charge is -2.56. The lowest BCUT2D eigenvalue weighted by molar-refractivity contribution is -0.926. The number of likely N-dealkylation sites (N-methyl/N-ethyl adjacent to an activating group) is 1. The van der Waals surface area contributed by atoms with Crippen molar-refractivity contribution in [2.75, 3.05) is 13.7 Å². The SMILES string of the molecule is CC[NH+](Cc1ccc(OC)c(F)c1)[C@H](C)C(=O)NC(=O)NC12CC3CC(CC(C3)C1)C2. The van der Waals surface area contributed by atoms with Crippen LogP contribution in [0.3, 0.4) is 0 Å². The van der Waals surface area contributed by atoms with Gasteiger partial charge >= 0.3 is 6.03 Å². The number of amides is 3. The predicted octanol–water partition coefficient (Wildman–Crippen LogP) is 2.42. The van der Waals surface area contributed by atoms with Gasteiger partial charge in [0.15, 0.2) is 17.6 Å². The molecule has 31 heavy (non-hydrogen) atoms. The van der Waals surface area contributed by atoms with E-state index in [1.807, 2.05) is 19.9 Å². The highest BCUT2D eigenvalue weighted by atomic mass is 19.1. The Hall–Kier alpha value is -2.15. The summed E-state index contributed by atoms with van der Waals surface area (Å²) in [4.78, 5) is 26.5. The molecule has 0 aromatic heterocycles. The third-order valence-electron chi connectivity index (χ3n) is 7.76. The first-order valence-corrected chi connectivity index (χ1v) is 11.6. The van der Waals surface area contributed by atoms with Crippen LogP contribution in [0.4, 0.5) is 9.18 Å². The summed E-state index contributed by atoms with van der Waals surface area (Å²) < 4.78 is 19.0. The monoisotopic (exact) mass is 432 g/mol. The Morgan fingerprint density at radius 3 is 2.32 bits per heavy atom. The second-order valence-corrected chi connectivity index (χ2v) is 10.0. The number of hydrogen-bond acceptors (Lipinski definition) is 3. The molecular weight excluding hydrogens is 397 g/mol. The van der Waals surface area contributed by atoms with Crippen molar-refractivity contribution < 1.29 is 23.6 Å². The van der Waals surface area contributed by atoms with E-state index in [4.69, 9.17) is 4.74 Å². The first-order chi connectivity index (χ1) is 14.8. The van der Waals surface area contributed by atoms with Crippen molar-refractivity contribution >= 4 is 11.9 Å². The molecule has 5 rings (SSSR count). The standard InChI is InChI=1S/C24H34FN3O3/c1-4-28(14-16-5-6-21(31-3)20(25)10-16)15(2)22(29)26-23(30)27-24-11-17-7-18(12-24)9-19(8-17)13-24/h5-6,10,15,17-19H,4,7-9,11-14H2,1-3H3,(H2,26,27,29,30)/p+1/t15-,17?,18?,19?,24?/m1/s1. The number of hydrogen-bond donors (Lipinski definition) is 3. The number of carbonyl (C=O) groups is 2. The zero-order valence-corrected chi connectivity index (χ0v) is 18.8. The molecule has 0 saturated heterocycles. The summed E-state index contributed by atoms with van der Waals surface area (Å²) in [6.45, 7) is 4.96. The van der Waals surface area contributed by atoms with Gasteiger partial charge in [0.05, 0.1) is 13.7 Å². The lowest BCUT2D eigenvalue weighted by atomic mass is 9.53. The maximum atomic E-state index is 14.0. The van der Waals surface area contributed by atoms with Crippen LogP contribution in [0, 0.1) is 23.6 Å². The average Bonchev–Trinajstić information content (AvgIpc) is 2.70. The largest absolute Gasteiger partial charge is 0.494 e. The van der Waals surface area contributed by atoms with Crippen molar-refractivity contribution in [3.8, 4) is 5.75 Å². The van der Waals surface area contributed by atoms with Crippen LogP contribution in [0.2, 0.25) is 0 Å². The van der Waals surface area contributed by atoms with E-state index in [-0.39, 0.29) is 23.2 Å². The molecule has 1 aromatic carbocycles. The maximum Gasteiger partial charge on any atom is 0.322 e. The van der Waals surface area contributed by atoms with Crippen molar-refractivity contribution in [3.63, 3.8) is 0 Å². The Kier molecular flexibility index (Phi) is 6.24. The van der Waals surface area contributed by atoms with Gasteiger partial charge in [-0.25, -0.2) is 9.18 Å². The molecule has 4 aliphatic rings. The minimum Gasteiger partial charge on any atom is -0.494 e. The molecular formula is C24H35FN3O3+. The molecule has 0 radical (unpaired) electrons. The molecule has 4 saturated carbocycles. The van der Waals surface area contributed by atoms with Crippen LogP contribution in [0.25, 0.3) is 0 Å². The Bertz CT molecular complexity index is 808. The average molecular weight is 433 g/mol. The molecule has 0 heterocycles. The van der Waals surface area contributed by atoms with Gasteiger partial charge < -0.3 is 15.0 Å². The van der Waals surface area contributed by atoms with Gasteiger partial charge in [-0.05, 0) is 88.3 Å². The van der Waals surface area contributed by atoms with E-state index in [2.05, 4.69) is 10.6 Å². The molecule has 6 nitrogen and oxygen atoms in total. The van der Waals surface area contributed by atoms with Gasteiger partial charge in [-0.2, -0.15) is 0 Å². The highest BCUT2D eigenvalue weighted by Gasteiger charge is 2.51. The molecule has 3 N–H and O–H groups in total. The van der Waals surface area contributed by atoms with E-state index in [1.54, 1.807) is 6.07 Å². The Morgan fingerprint density at radius 2 is 1.81 bits per heavy atom. The number of imide groups is 1. The molecule has 4 aliphatic carbocycles. The zero-order valence-electron chi connectivity index (χ0n) is 18.8. The number of benzene rings is 1. The summed E-state index contributed by atoms with van der Waals surface area (Å²) in [7, 11) is 1.43. The zero-order chi connectivity index (χ0) is 22.2. The van der Waals surface area contributed by atoms with Crippen LogP contribution in [-0.2, 0) is 11.3 Å². The van der Waals surface area contributed by atoms with Gasteiger partial charge in [-0.3, -0.25) is 10.1 Å². The molecule has 2 atom stereocenters. The van der Waals surface area contributed by atoms with Crippen LogP contribution in [0.15, 0.2) is 18.2 Å². The fourth-order valence-corrected chi connectivity index (χ4v) is 6.61. The third kappa shape index (κ3) is 4.71. The van der Waals surface area contributed by atoms with Crippen molar-refractivity contribution in [2.45, 2.75) is 70.5 Å². The molecule has 3 amide bonds. The summed E-state index contributed by atoms with van der Waals surface area (Å²) in [6, 6.07) is 4.05. The maximum absolute atomic E-state index is 14.0. The van der Waals surface area contributed by atoms with Gasteiger partial charge in [0.1, 0.15) is 6.54 Å². The van der Waals surface area contributed by atoms with Gasteiger partial charge in [0.2, 0.25) is 0 Å². The van der Waals surface area contributed by atoms with Crippen LogP contribution in [-0.4, -0.2) is 37.2 Å². The molecule has 1 unspecified atom stereocenters. The first kappa shape index (κ1) is 22.1. The first-order valence-electron chi connectivity index (χ1n) is 11.6. The molecule has 0 spiro atoms. The minimum atomic E-state index is -0.433. The van der Waals surface area contributed by atoms with E-state index < -0.39 is 11.9 Å². The minimum absolute atomic E-state index is 0.125. The van der Waals surface area contributed by atoms with E-state index in [1.165, 1.54) is 32.4 Å². The number of ether oxygens (including phenoxy) is 1. The lowest BCUT2D eigenvalue weighted by Crippen LogP contribution is -3.15. The number of quaternary nitrogens is 1. The number of carbonyl (C=O) groups excluding carboxylic acids is 2. The summed E-state index contributed by atoms with van der Waals surface area (Å²) >= 11 is 0. The molecule has 0 aliphatic heterocycles. The van der Waals surface area contributed by atoms with Crippen LogP contribution in [0.5, 0.6) is 5.75 Å². The van der Waals surface area contributed by atoms with Crippen LogP contribution >= 0.6 is 0 Å². The molecule has 170 valence electrons. The van der Waals surface area contributed by atoms with E-state index >= 15 is 0 Å². The van der Waals surface area contributed by atoms with Crippen molar-refractivity contribution in [1.29, 1.82) is 0 Å². The number of methoxy groups -OCH3 is 1. The van der Waals surface area contributed by atoms with Gasteiger partial charge in [-0.1, -0.05) is 0 Å². The van der Waals surface area contributed by atoms with Crippen LogP contribution < -0.4 is 20.3 Å². The Balaban J connectivity index is 1.33. The molecule has 7 heteroatoms. The van der Waals surface area contributed by atoms with Gasteiger partial charge in [0, 0.05) is 11.1 Å². The quantitative estimate of drug-likeness (QED) is 0.620. The van der Waals surface area contributed by atoms with Crippen molar-refractivity contribution in [3.05, 3.63) is 29.6 Å². The summed E-state index contributed by atoms with van der Waals surface area (Å²) in [5.74, 6) is 1.67. The summed E-state index contributed by atoms with van der Waals surface area (Å²) in [6.07, 6.45) is 7.06. The fraction of sp³-hybridized carbons (Fsp3) is 0.667. The number of rotatable bonds is 7. The van der Waals surface area contributed by atoms with Gasteiger partial charge in [-0.15, -0.1) is 0 Å². The van der Waals surface area contributed by atoms with E-state index in [0.29, 0.717) is 13.1 Å². The van der Waals surface area contributed by atoms with Crippen LogP contribution in [0.1, 0.15) is 57.9 Å². The predicted molar refractivity (Wildman–Crippen MR) is 115 cm³/mol. The smallest absolute Gasteiger partial charge is 0.322 e. The highest BCUT2D eigenvalue weighted by Crippen LogP contribution is 2.55.